The van der Waals surface area contributed by atoms with Gasteiger partial charge in [-0.1, -0.05) is 19.4 Å². The molecule has 2 atom stereocenters. The fourth-order valence-electron chi connectivity index (χ4n) is 2.05. The fourth-order valence-corrected chi connectivity index (χ4v) is 2.05. The van der Waals surface area contributed by atoms with E-state index in [1.807, 2.05) is 19.1 Å². The van der Waals surface area contributed by atoms with Crippen molar-refractivity contribution in [1.29, 1.82) is 0 Å². The summed E-state index contributed by atoms with van der Waals surface area (Å²) in [6.45, 7) is 6.16. The number of ether oxygens (including phenoxy) is 2. The molecule has 0 saturated carbocycles. The maximum absolute atomic E-state index is 12.1. The number of benzene rings is 1. The molecular formula is C16H26N2O3. The Balaban J connectivity index is 2.73. The fraction of sp³-hybridized carbons (Fsp3) is 0.562. The molecule has 2 unspecified atom stereocenters. The van der Waals surface area contributed by atoms with Gasteiger partial charge in [0.1, 0.15) is 11.5 Å². The summed E-state index contributed by atoms with van der Waals surface area (Å²) in [6, 6.07) is 5.57. The minimum Gasteiger partial charge on any atom is -0.497 e. The first-order valence-electron chi connectivity index (χ1n) is 7.35. The molecule has 0 aliphatic rings. The van der Waals surface area contributed by atoms with Gasteiger partial charge in [-0.05, 0) is 26.3 Å². The van der Waals surface area contributed by atoms with Crippen molar-refractivity contribution in [2.45, 2.75) is 52.3 Å². The van der Waals surface area contributed by atoms with E-state index in [0.29, 0.717) is 18.0 Å². The van der Waals surface area contributed by atoms with Crippen LogP contribution in [0, 0.1) is 0 Å². The number of carbonyl (C=O) groups excluding carboxylic acids is 1. The minimum atomic E-state index is -0.582. The molecule has 0 radical (unpaired) electrons. The molecule has 1 aromatic carbocycles. The Morgan fingerprint density at radius 3 is 2.67 bits per heavy atom. The van der Waals surface area contributed by atoms with Crippen molar-refractivity contribution in [3.05, 3.63) is 23.8 Å². The van der Waals surface area contributed by atoms with Crippen molar-refractivity contribution in [2.75, 3.05) is 7.11 Å². The minimum absolute atomic E-state index is 0.123. The maximum Gasteiger partial charge on any atom is 0.260 e. The Bertz CT molecular complexity index is 463. The van der Waals surface area contributed by atoms with Gasteiger partial charge in [0.05, 0.1) is 7.11 Å². The van der Waals surface area contributed by atoms with Crippen molar-refractivity contribution >= 4 is 5.91 Å². The molecule has 0 bridgehead atoms. The predicted octanol–water partition coefficient (Wildman–Crippen LogP) is 2.23. The van der Waals surface area contributed by atoms with Gasteiger partial charge < -0.3 is 20.5 Å². The Labute approximate surface area is 126 Å². The van der Waals surface area contributed by atoms with E-state index >= 15 is 0 Å². The van der Waals surface area contributed by atoms with Crippen LogP contribution in [0.4, 0.5) is 0 Å². The van der Waals surface area contributed by atoms with Gasteiger partial charge in [-0.2, -0.15) is 0 Å². The van der Waals surface area contributed by atoms with Gasteiger partial charge in [0.25, 0.3) is 5.91 Å². The third-order valence-electron chi connectivity index (χ3n) is 3.28. The van der Waals surface area contributed by atoms with Crippen LogP contribution in [-0.4, -0.2) is 25.2 Å². The van der Waals surface area contributed by atoms with Crippen LogP contribution < -0.4 is 20.5 Å². The van der Waals surface area contributed by atoms with E-state index in [0.717, 1.165) is 18.4 Å². The van der Waals surface area contributed by atoms with Gasteiger partial charge in [0.15, 0.2) is 6.10 Å². The van der Waals surface area contributed by atoms with Crippen LogP contribution in [0.3, 0.4) is 0 Å². The van der Waals surface area contributed by atoms with Crippen LogP contribution >= 0.6 is 0 Å². The van der Waals surface area contributed by atoms with E-state index in [2.05, 4.69) is 12.2 Å². The van der Waals surface area contributed by atoms with Gasteiger partial charge in [-0.3, -0.25) is 4.79 Å². The number of hydrogen-bond donors (Lipinski definition) is 2. The van der Waals surface area contributed by atoms with Crippen molar-refractivity contribution in [2.24, 2.45) is 5.73 Å². The Morgan fingerprint density at radius 2 is 2.10 bits per heavy atom. The van der Waals surface area contributed by atoms with Gasteiger partial charge in [0.2, 0.25) is 0 Å². The van der Waals surface area contributed by atoms with Crippen LogP contribution in [-0.2, 0) is 11.3 Å². The first kappa shape index (κ1) is 17.3. The Hall–Kier alpha value is -1.75. The monoisotopic (exact) mass is 294 g/mol. The van der Waals surface area contributed by atoms with E-state index in [9.17, 15) is 4.79 Å². The molecule has 0 fully saturated rings. The van der Waals surface area contributed by atoms with Crippen LogP contribution in [0.5, 0.6) is 11.5 Å². The highest BCUT2D eigenvalue weighted by Gasteiger charge is 2.18. The van der Waals surface area contributed by atoms with Crippen LogP contribution in [0.25, 0.3) is 0 Å². The second kappa shape index (κ2) is 8.52. The summed E-state index contributed by atoms with van der Waals surface area (Å²) in [5, 5.41) is 2.94. The molecule has 5 heteroatoms. The van der Waals surface area contributed by atoms with E-state index in [4.69, 9.17) is 15.2 Å². The predicted molar refractivity (Wildman–Crippen MR) is 83.5 cm³/mol. The van der Waals surface area contributed by atoms with E-state index < -0.39 is 6.10 Å². The molecule has 1 aromatic rings. The molecule has 0 heterocycles. The van der Waals surface area contributed by atoms with Gasteiger partial charge >= 0.3 is 0 Å². The van der Waals surface area contributed by atoms with Crippen LogP contribution in [0.15, 0.2) is 18.2 Å². The Morgan fingerprint density at radius 1 is 1.38 bits per heavy atom. The van der Waals surface area contributed by atoms with Gasteiger partial charge in [-0.15, -0.1) is 0 Å². The van der Waals surface area contributed by atoms with E-state index in [1.54, 1.807) is 20.1 Å². The average Bonchev–Trinajstić information content (AvgIpc) is 2.47. The number of methoxy groups -OCH3 is 1. The number of nitrogens with one attached hydrogen (secondary N) is 1. The second-order valence-corrected chi connectivity index (χ2v) is 5.14. The SMILES string of the molecule is CCCC(C)NC(=O)C(C)Oc1cc(OC)ccc1CN. The second-order valence-electron chi connectivity index (χ2n) is 5.14. The standard InChI is InChI=1S/C16H26N2O3/c1-5-6-11(2)18-16(19)12(3)21-15-9-14(20-4)8-7-13(15)10-17/h7-9,11-12H,5-6,10,17H2,1-4H3,(H,18,19). The summed E-state index contributed by atoms with van der Waals surface area (Å²) in [5.74, 6) is 1.14. The number of hydrogen-bond acceptors (Lipinski definition) is 4. The summed E-state index contributed by atoms with van der Waals surface area (Å²) in [4.78, 5) is 12.1. The van der Waals surface area contributed by atoms with Crippen molar-refractivity contribution in [1.82, 2.24) is 5.32 Å². The number of carbonyl (C=O) groups is 1. The summed E-state index contributed by atoms with van der Waals surface area (Å²) < 4.78 is 10.9. The quantitative estimate of drug-likeness (QED) is 0.771. The van der Waals surface area contributed by atoms with E-state index in [1.165, 1.54) is 0 Å². The lowest BCUT2D eigenvalue weighted by Gasteiger charge is -2.20. The lowest BCUT2D eigenvalue weighted by Crippen LogP contribution is -2.41. The first-order chi connectivity index (χ1) is 10.0. The molecule has 3 N–H and O–H groups in total. The molecule has 0 aliphatic heterocycles. The van der Waals surface area contributed by atoms with Gasteiger partial charge in [0, 0.05) is 24.2 Å². The summed E-state index contributed by atoms with van der Waals surface area (Å²) in [7, 11) is 1.59. The third kappa shape index (κ3) is 5.27. The summed E-state index contributed by atoms with van der Waals surface area (Å²) in [6.07, 6.45) is 1.40. The molecule has 1 amide bonds. The largest absolute Gasteiger partial charge is 0.497 e. The zero-order chi connectivity index (χ0) is 15.8. The average molecular weight is 294 g/mol. The van der Waals surface area contributed by atoms with Gasteiger partial charge in [-0.25, -0.2) is 0 Å². The van der Waals surface area contributed by atoms with Crippen molar-refractivity contribution in [3.8, 4) is 11.5 Å². The zero-order valence-electron chi connectivity index (χ0n) is 13.3. The molecule has 1 rings (SSSR count). The smallest absolute Gasteiger partial charge is 0.260 e. The molecule has 21 heavy (non-hydrogen) atoms. The highest BCUT2D eigenvalue weighted by molar-refractivity contribution is 5.81. The van der Waals surface area contributed by atoms with Crippen LogP contribution in [0.1, 0.15) is 39.2 Å². The first-order valence-corrected chi connectivity index (χ1v) is 7.35. The molecule has 0 saturated heterocycles. The van der Waals surface area contributed by atoms with Crippen molar-refractivity contribution in [3.63, 3.8) is 0 Å². The molecular weight excluding hydrogens is 268 g/mol. The lowest BCUT2D eigenvalue weighted by molar-refractivity contribution is -0.127. The number of amides is 1. The highest BCUT2D eigenvalue weighted by atomic mass is 16.5. The molecule has 118 valence electrons. The van der Waals surface area contributed by atoms with E-state index in [-0.39, 0.29) is 11.9 Å². The maximum atomic E-state index is 12.1. The third-order valence-corrected chi connectivity index (χ3v) is 3.28. The topological polar surface area (TPSA) is 73.6 Å². The summed E-state index contributed by atoms with van der Waals surface area (Å²) in [5.41, 5.74) is 6.54. The molecule has 0 aromatic heterocycles. The lowest BCUT2D eigenvalue weighted by atomic mass is 10.2. The Kier molecular flexibility index (Phi) is 7.02. The number of rotatable bonds is 8. The van der Waals surface area contributed by atoms with Crippen molar-refractivity contribution < 1.29 is 14.3 Å². The highest BCUT2D eigenvalue weighted by Crippen LogP contribution is 2.25. The number of nitrogens with two attached hydrogens (primary N) is 1. The normalized spacial score (nSPS) is 13.4. The molecule has 0 aliphatic carbocycles. The molecule has 0 spiro atoms. The van der Waals surface area contributed by atoms with Crippen LogP contribution in [0.2, 0.25) is 0 Å². The summed E-state index contributed by atoms with van der Waals surface area (Å²) >= 11 is 0. The molecule has 5 nitrogen and oxygen atoms in total. The zero-order valence-corrected chi connectivity index (χ0v) is 13.3.